The fourth-order valence-corrected chi connectivity index (χ4v) is 3.03. The maximum absolute atomic E-state index is 12.0. The molecule has 0 spiro atoms. The molecule has 0 radical (unpaired) electrons. The number of nitrogens with one attached hydrogen (secondary N) is 1. The van der Waals surface area contributed by atoms with Gasteiger partial charge in [-0.1, -0.05) is 12.2 Å². The highest BCUT2D eigenvalue weighted by atomic mass is 32.2. The Labute approximate surface area is 105 Å². The van der Waals surface area contributed by atoms with Gasteiger partial charge >= 0.3 is 0 Å². The third kappa shape index (κ3) is 5.16. The first kappa shape index (κ1) is 14.6. The van der Waals surface area contributed by atoms with Crippen LogP contribution in [0.2, 0.25) is 0 Å². The van der Waals surface area contributed by atoms with Gasteiger partial charge in [-0.15, -0.1) is 0 Å². The molecule has 100 valence electrons. The van der Waals surface area contributed by atoms with Gasteiger partial charge in [-0.05, 0) is 6.92 Å². The van der Waals surface area contributed by atoms with Gasteiger partial charge in [0.1, 0.15) is 0 Å². The molecule has 0 bridgehead atoms. The summed E-state index contributed by atoms with van der Waals surface area (Å²) in [6.45, 7) is 10.3. The minimum absolute atomic E-state index is 0.191. The first-order valence-electron chi connectivity index (χ1n) is 5.93. The first-order valence-corrected chi connectivity index (χ1v) is 7.54. The van der Waals surface area contributed by atoms with Gasteiger partial charge in [0.05, 0.1) is 5.75 Å². The van der Waals surface area contributed by atoms with Gasteiger partial charge in [0, 0.05) is 46.3 Å². The highest BCUT2D eigenvalue weighted by Gasteiger charge is 2.19. The molecule has 0 aromatic heterocycles. The van der Waals surface area contributed by atoms with Crippen LogP contribution in [-0.4, -0.2) is 69.7 Å². The average Bonchev–Trinajstić information content (AvgIpc) is 2.27. The number of piperazine rings is 1. The van der Waals surface area contributed by atoms with Crippen molar-refractivity contribution >= 4 is 10.0 Å². The van der Waals surface area contributed by atoms with Crippen LogP contribution in [0.1, 0.15) is 6.92 Å². The van der Waals surface area contributed by atoms with E-state index in [0.29, 0.717) is 13.1 Å². The smallest absolute Gasteiger partial charge is 0.215 e. The number of rotatable bonds is 6. The quantitative estimate of drug-likeness (QED) is 0.669. The van der Waals surface area contributed by atoms with E-state index in [-0.39, 0.29) is 5.75 Å². The van der Waals surface area contributed by atoms with E-state index in [2.05, 4.69) is 16.8 Å². The summed E-state index contributed by atoms with van der Waals surface area (Å²) in [5.74, 6) is 0.191. The second-order valence-electron chi connectivity index (χ2n) is 4.62. The van der Waals surface area contributed by atoms with Gasteiger partial charge < -0.3 is 5.32 Å². The topological polar surface area (TPSA) is 52.7 Å². The Hall–Kier alpha value is -0.430. The lowest BCUT2D eigenvalue weighted by molar-refractivity contribution is 0.253. The maximum Gasteiger partial charge on any atom is 0.215 e. The van der Waals surface area contributed by atoms with E-state index < -0.39 is 10.0 Å². The van der Waals surface area contributed by atoms with Gasteiger partial charge in [0.15, 0.2) is 0 Å². The summed E-state index contributed by atoms with van der Waals surface area (Å²) in [6.07, 6.45) is 0. The molecule has 0 saturated carbocycles. The van der Waals surface area contributed by atoms with Crippen LogP contribution in [0.5, 0.6) is 0 Å². The van der Waals surface area contributed by atoms with Crippen molar-refractivity contribution < 1.29 is 8.42 Å². The van der Waals surface area contributed by atoms with Crippen molar-refractivity contribution in [2.24, 2.45) is 0 Å². The van der Waals surface area contributed by atoms with Crippen LogP contribution in [0.15, 0.2) is 12.2 Å². The molecule has 17 heavy (non-hydrogen) atoms. The van der Waals surface area contributed by atoms with Crippen LogP contribution >= 0.6 is 0 Å². The predicted octanol–water partition coefficient (Wildman–Crippen LogP) is -0.271. The Balaban J connectivity index is 2.40. The lowest BCUT2D eigenvalue weighted by Gasteiger charge is -2.27. The summed E-state index contributed by atoms with van der Waals surface area (Å²) < 4.78 is 25.3. The second kappa shape index (κ2) is 6.49. The molecule has 5 nitrogen and oxygen atoms in total. The normalized spacial score (nSPS) is 18.5. The molecular formula is C11H23N3O2S. The highest BCUT2D eigenvalue weighted by Crippen LogP contribution is 2.03. The molecule has 0 aromatic carbocycles. The molecular weight excluding hydrogens is 238 g/mol. The van der Waals surface area contributed by atoms with E-state index in [9.17, 15) is 8.42 Å². The molecule has 1 heterocycles. The van der Waals surface area contributed by atoms with E-state index in [0.717, 1.165) is 31.8 Å². The summed E-state index contributed by atoms with van der Waals surface area (Å²) in [7, 11) is -1.53. The molecule has 1 saturated heterocycles. The minimum Gasteiger partial charge on any atom is -0.314 e. The zero-order valence-corrected chi connectivity index (χ0v) is 11.6. The standard InChI is InChI=1S/C11H23N3O2S/c1-11(2)10-13(3)17(15,16)9-8-14-6-4-12-5-7-14/h12H,1,4-10H2,2-3H3. The van der Waals surface area contributed by atoms with Crippen molar-refractivity contribution in [3.63, 3.8) is 0 Å². The summed E-state index contributed by atoms with van der Waals surface area (Å²) in [4.78, 5) is 2.18. The summed E-state index contributed by atoms with van der Waals surface area (Å²) in [6, 6.07) is 0. The monoisotopic (exact) mass is 261 g/mol. The Bertz CT molecular complexity index is 348. The molecule has 0 amide bonds. The van der Waals surface area contributed by atoms with Crippen molar-refractivity contribution in [3.05, 3.63) is 12.2 Å². The SMILES string of the molecule is C=C(C)CN(C)S(=O)(=O)CCN1CCNCC1. The van der Waals surface area contributed by atoms with Crippen molar-refractivity contribution in [2.45, 2.75) is 6.92 Å². The van der Waals surface area contributed by atoms with Crippen LogP contribution < -0.4 is 5.32 Å². The van der Waals surface area contributed by atoms with Crippen LogP contribution in [0, 0.1) is 0 Å². The van der Waals surface area contributed by atoms with Gasteiger partial charge in [-0.2, -0.15) is 0 Å². The minimum atomic E-state index is -3.14. The third-order valence-electron chi connectivity index (χ3n) is 2.84. The van der Waals surface area contributed by atoms with Crippen LogP contribution in [0.4, 0.5) is 0 Å². The molecule has 6 heteroatoms. The highest BCUT2D eigenvalue weighted by molar-refractivity contribution is 7.89. The van der Waals surface area contributed by atoms with Gasteiger partial charge in [0.2, 0.25) is 10.0 Å². The van der Waals surface area contributed by atoms with Crippen LogP contribution in [0.3, 0.4) is 0 Å². The molecule has 1 rings (SSSR count). The average molecular weight is 261 g/mol. The zero-order chi connectivity index (χ0) is 12.9. The number of hydrogen-bond acceptors (Lipinski definition) is 4. The summed E-state index contributed by atoms with van der Waals surface area (Å²) in [5.41, 5.74) is 0.859. The molecule has 0 unspecified atom stereocenters. The third-order valence-corrected chi connectivity index (χ3v) is 4.62. The fourth-order valence-electron chi connectivity index (χ4n) is 1.81. The first-order chi connectivity index (χ1) is 7.92. The second-order valence-corrected chi connectivity index (χ2v) is 6.82. The predicted molar refractivity (Wildman–Crippen MR) is 70.5 cm³/mol. The molecule has 0 aliphatic carbocycles. The lowest BCUT2D eigenvalue weighted by Crippen LogP contribution is -2.46. The maximum atomic E-state index is 12.0. The Morgan fingerprint density at radius 3 is 2.53 bits per heavy atom. The molecule has 1 aliphatic rings. The van der Waals surface area contributed by atoms with E-state index in [4.69, 9.17) is 0 Å². The van der Waals surface area contributed by atoms with E-state index >= 15 is 0 Å². The summed E-state index contributed by atoms with van der Waals surface area (Å²) in [5, 5.41) is 3.25. The fraction of sp³-hybridized carbons (Fsp3) is 0.818. The number of likely N-dealkylation sites (N-methyl/N-ethyl adjacent to an activating group) is 1. The molecule has 0 aromatic rings. The number of hydrogen-bond donors (Lipinski definition) is 1. The van der Waals surface area contributed by atoms with Crippen LogP contribution in [0.25, 0.3) is 0 Å². The Kier molecular flexibility index (Phi) is 5.58. The van der Waals surface area contributed by atoms with Gasteiger partial charge in [0.25, 0.3) is 0 Å². The van der Waals surface area contributed by atoms with Gasteiger partial charge in [-0.25, -0.2) is 12.7 Å². The molecule has 1 N–H and O–H groups in total. The number of sulfonamides is 1. The Morgan fingerprint density at radius 2 is 2.00 bits per heavy atom. The van der Waals surface area contributed by atoms with E-state index in [1.165, 1.54) is 4.31 Å². The number of nitrogens with zero attached hydrogens (tertiary/aromatic N) is 2. The lowest BCUT2D eigenvalue weighted by atomic mass is 10.4. The van der Waals surface area contributed by atoms with E-state index in [1.54, 1.807) is 7.05 Å². The zero-order valence-electron chi connectivity index (χ0n) is 10.8. The summed E-state index contributed by atoms with van der Waals surface area (Å²) >= 11 is 0. The van der Waals surface area contributed by atoms with Crippen LogP contribution in [-0.2, 0) is 10.0 Å². The molecule has 1 fully saturated rings. The van der Waals surface area contributed by atoms with Crippen molar-refractivity contribution in [1.82, 2.24) is 14.5 Å². The molecule has 1 aliphatic heterocycles. The van der Waals surface area contributed by atoms with E-state index in [1.807, 2.05) is 6.92 Å². The Morgan fingerprint density at radius 1 is 1.41 bits per heavy atom. The van der Waals surface area contributed by atoms with Crippen molar-refractivity contribution in [1.29, 1.82) is 0 Å². The molecule has 0 atom stereocenters. The van der Waals surface area contributed by atoms with Gasteiger partial charge in [-0.3, -0.25) is 4.90 Å². The largest absolute Gasteiger partial charge is 0.314 e. The van der Waals surface area contributed by atoms with Crippen molar-refractivity contribution in [3.8, 4) is 0 Å². The van der Waals surface area contributed by atoms with Crippen molar-refractivity contribution in [2.75, 3.05) is 52.1 Å².